The number of rotatable bonds is 12. The van der Waals surface area contributed by atoms with Crippen molar-refractivity contribution in [3.63, 3.8) is 0 Å². The lowest BCUT2D eigenvalue weighted by molar-refractivity contribution is 0.248. The Morgan fingerprint density at radius 1 is 1.09 bits per heavy atom. The number of anilines is 2. The Balaban J connectivity index is 1.61. The molecule has 1 aliphatic heterocycles. The summed E-state index contributed by atoms with van der Waals surface area (Å²) in [7, 11) is 1.78. The van der Waals surface area contributed by atoms with Gasteiger partial charge in [-0.3, -0.25) is 4.90 Å². The van der Waals surface area contributed by atoms with Crippen LogP contribution in [0, 0.1) is 12.7 Å². The molecule has 0 bridgehead atoms. The van der Waals surface area contributed by atoms with Gasteiger partial charge in [0.15, 0.2) is 0 Å². The average molecular weight is 595 g/mol. The summed E-state index contributed by atoms with van der Waals surface area (Å²) in [6.07, 6.45) is 11.4. The second kappa shape index (κ2) is 14.5. The third kappa shape index (κ3) is 7.51. The van der Waals surface area contributed by atoms with Crippen LogP contribution in [0.1, 0.15) is 54.7 Å². The van der Waals surface area contributed by atoms with Crippen molar-refractivity contribution >= 4 is 39.6 Å². The van der Waals surface area contributed by atoms with Crippen molar-refractivity contribution < 1.29 is 4.39 Å². The number of aromatic nitrogens is 1. The third-order valence-corrected chi connectivity index (χ3v) is 9.19. The van der Waals surface area contributed by atoms with Crippen molar-refractivity contribution in [3.8, 4) is 10.4 Å². The number of benzene rings is 1. The monoisotopic (exact) mass is 594 g/mol. The summed E-state index contributed by atoms with van der Waals surface area (Å²) in [6.45, 7) is 25.7. The zero-order valence-electron chi connectivity index (χ0n) is 25.9. The summed E-state index contributed by atoms with van der Waals surface area (Å²) in [6, 6.07) is 9.61. The molecule has 0 atom stereocenters. The highest BCUT2D eigenvalue weighted by atomic mass is 32.1. The van der Waals surface area contributed by atoms with Crippen molar-refractivity contribution in [1.82, 2.24) is 9.88 Å². The van der Waals surface area contributed by atoms with Gasteiger partial charge in [-0.15, -0.1) is 11.3 Å². The van der Waals surface area contributed by atoms with Crippen molar-refractivity contribution in [3.05, 3.63) is 120 Å². The predicted octanol–water partition coefficient (Wildman–Crippen LogP) is 9.97. The smallest absolute Gasteiger partial charge is 0.133 e. The first kappa shape index (κ1) is 31.9. The lowest BCUT2D eigenvalue weighted by Crippen LogP contribution is -2.31. The van der Waals surface area contributed by atoms with Crippen LogP contribution in [0.2, 0.25) is 0 Å². The van der Waals surface area contributed by atoms with Crippen LogP contribution in [0.5, 0.6) is 0 Å². The van der Waals surface area contributed by atoms with E-state index in [2.05, 4.69) is 59.0 Å². The Bertz CT molecular complexity index is 1600. The van der Waals surface area contributed by atoms with E-state index >= 15 is 4.39 Å². The van der Waals surface area contributed by atoms with E-state index in [9.17, 15) is 0 Å². The molecule has 0 radical (unpaired) electrons. The molecule has 4 nitrogen and oxygen atoms in total. The number of thiophene rings is 1. The van der Waals surface area contributed by atoms with Gasteiger partial charge in [-0.1, -0.05) is 51.0 Å². The van der Waals surface area contributed by atoms with Gasteiger partial charge in [0, 0.05) is 57.6 Å². The van der Waals surface area contributed by atoms with Gasteiger partial charge < -0.3 is 10.6 Å². The number of nitrogens with one attached hydrogen (secondary N) is 2. The van der Waals surface area contributed by atoms with Gasteiger partial charge >= 0.3 is 0 Å². The zero-order chi connectivity index (χ0) is 31.1. The zero-order valence-corrected chi connectivity index (χ0v) is 26.8. The highest BCUT2D eigenvalue weighted by molar-refractivity contribution is 7.16. The molecule has 43 heavy (non-hydrogen) atoms. The molecule has 0 unspecified atom stereocenters. The Labute approximate surface area is 260 Å². The summed E-state index contributed by atoms with van der Waals surface area (Å²) in [5, 5.41) is 6.51. The van der Waals surface area contributed by atoms with Crippen LogP contribution in [-0.4, -0.2) is 36.6 Å². The highest BCUT2D eigenvalue weighted by Gasteiger charge is 2.18. The average Bonchev–Trinajstić information content (AvgIpc) is 3.51. The molecule has 1 saturated heterocycles. The lowest BCUT2D eigenvalue weighted by atomic mass is 9.94. The molecule has 0 amide bonds. The van der Waals surface area contributed by atoms with Crippen molar-refractivity contribution in [2.24, 2.45) is 0 Å². The highest BCUT2D eigenvalue weighted by Crippen LogP contribution is 2.37. The molecule has 1 aliphatic rings. The maximum Gasteiger partial charge on any atom is 0.133 e. The first-order valence-electron chi connectivity index (χ1n) is 14.8. The third-order valence-electron chi connectivity index (χ3n) is 7.91. The molecule has 0 spiro atoms. The fraction of sp³-hybridized carbons (Fsp3) is 0.270. The topological polar surface area (TPSA) is 40.2 Å². The number of allylic oxidation sites excluding steroid dienone is 5. The van der Waals surface area contributed by atoms with E-state index in [1.54, 1.807) is 24.6 Å². The van der Waals surface area contributed by atoms with E-state index in [1.165, 1.54) is 25.3 Å². The van der Waals surface area contributed by atoms with E-state index in [4.69, 9.17) is 0 Å². The molecule has 3 aromatic rings. The normalized spacial score (nSPS) is 14.3. The number of hydrogen-bond acceptors (Lipinski definition) is 5. The molecular formula is C37H43FN4S. The van der Waals surface area contributed by atoms with Crippen LogP contribution in [-0.2, 0) is 0 Å². The summed E-state index contributed by atoms with van der Waals surface area (Å²) in [5.74, 6) is 0.396. The van der Waals surface area contributed by atoms with Crippen LogP contribution < -0.4 is 10.6 Å². The van der Waals surface area contributed by atoms with Crippen LogP contribution >= 0.6 is 11.3 Å². The van der Waals surface area contributed by atoms with Gasteiger partial charge in [-0.05, 0) is 105 Å². The van der Waals surface area contributed by atoms with Gasteiger partial charge in [0.05, 0.1) is 0 Å². The number of pyridine rings is 1. The predicted molar refractivity (Wildman–Crippen MR) is 187 cm³/mol. The number of hydrogen-bond donors (Lipinski definition) is 2. The van der Waals surface area contributed by atoms with Crippen molar-refractivity contribution in [2.45, 2.75) is 40.0 Å². The number of nitrogens with zero attached hydrogens (tertiary/aromatic N) is 2. The number of halogens is 1. The van der Waals surface area contributed by atoms with Gasteiger partial charge in [-0.2, -0.15) is 0 Å². The van der Waals surface area contributed by atoms with Gasteiger partial charge in [0.25, 0.3) is 0 Å². The molecule has 0 aliphatic carbocycles. The largest absolute Gasteiger partial charge is 0.388 e. The van der Waals surface area contributed by atoms with Crippen LogP contribution in [0.3, 0.4) is 0 Å². The quantitative estimate of drug-likeness (QED) is 0.205. The van der Waals surface area contributed by atoms with E-state index in [0.29, 0.717) is 28.3 Å². The summed E-state index contributed by atoms with van der Waals surface area (Å²) < 4.78 is 15.6. The second-order valence-electron chi connectivity index (χ2n) is 11.0. The van der Waals surface area contributed by atoms with E-state index in [1.807, 2.05) is 51.1 Å². The molecule has 1 fully saturated rings. The molecule has 0 saturated carbocycles. The molecule has 224 valence electrons. The Kier molecular flexibility index (Phi) is 10.7. The molecule has 1 aromatic carbocycles. The van der Waals surface area contributed by atoms with Crippen LogP contribution in [0.25, 0.3) is 27.2 Å². The molecule has 2 aromatic heterocycles. The fourth-order valence-corrected chi connectivity index (χ4v) is 6.35. The maximum atomic E-state index is 15.6. The van der Waals surface area contributed by atoms with Gasteiger partial charge in [0.2, 0.25) is 0 Å². The van der Waals surface area contributed by atoms with Crippen molar-refractivity contribution in [2.75, 3.05) is 37.3 Å². The van der Waals surface area contributed by atoms with Gasteiger partial charge in [-0.25, -0.2) is 9.37 Å². The maximum absolute atomic E-state index is 15.6. The standard InChI is InChI=1S/C37H43FN4S/c1-9-28(23-42-18-12-11-13-19-42)20-29(10-2)32-21-31(34(39-8)22-33(32)38)25(5)27(7)41-37-26(6)30(16-17-40-37)36-15-14-35(43-36)24(3)4/h9-10,14-17,20-22,39H,1,3,5,7,11-13,18-19,23H2,2,4,6,8H3,(H,40,41)/b28-20+,29-10+. The summed E-state index contributed by atoms with van der Waals surface area (Å²) >= 11 is 1.71. The Morgan fingerprint density at radius 2 is 1.84 bits per heavy atom. The first-order valence-corrected chi connectivity index (χ1v) is 15.6. The fourth-order valence-electron chi connectivity index (χ4n) is 5.33. The van der Waals surface area contributed by atoms with Crippen LogP contribution in [0.4, 0.5) is 15.9 Å². The molecule has 6 heteroatoms. The van der Waals surface area contributed by atoms with E-state index in [0.717, 1.165) is 62.8 Å². The lowest BCUT2D eigenvalue weighted by Gasteiger charge is -2.27. The van der Waals surface area contributed by atoms with Crippen LogP contribution in [0.15, 0.2) is 92.3 Å². The molecule has 4 rings (SSSR count). The molecular weight excluding hydrogens is 552 g/mol. The Morgan fingerprint density at radius 3 is 2.47 bits per heavy atom. The summed E-state index contributed by atoms with van der Waals surface area (Å²) in [5.41, 5.74) is 8.16. The minimum atomic E-state index is -0.305. The Hall–Kier alpha value is -4.00. The molecule has 2 N–H and O–H groups in total. The molecule has 3 heterocycles. The summed E-state index contributed by atoms with van der Waals surface area (Å²) in [4.78, 5) is 9.35. The first-order chi connectivity index (χ1) is 20.7. The minimum Gasteiger partial charge on any atom is -0.388 e. The number of likely N-dealkylation sites (tertiary alicyclic amines) is 1. The van der Waals surface area contributed by atoms with Gasteiger partial charge in [0.1, 0.15) is 11.6 Å². The second-order valence-corrected chi connectivity index (χ2v) is 12.1. The SMILES string of the molecule is C=C/C(=C\C(=C/C)c1cc(C(=C)C(=C)Nc2nccc(-c3ccc(C(=C)C)s3)c2C)c(NC)cc1F)CN1CCCCC1. The van der Waals surface area contributed by atoms with Crippen molar-refractivity contribution in [1.29, 1.82) is 0 Å². The van der Waals surface area contributed by atoms with E-state index < -0.39 is 0 Å². The minimum absolute atomic E-state index is 0.305. The number of piperidine rings is 1. The van der Waals surface area contributed by atoms with E-state index in [-0.39, 0.29) is 5.82 Å².